The fraction of sp³-hybridized carbons (Fsp3) is 0.176. The van der Waals surface area contributed by atoms with E-state index in [0.717, 1.165) is 9.77 Å². The van der Waals surface area contributed by atoms with E-state index in [9.17, 15) is 9.59 Å². The first-order chi connectivity index (χ1) is 11.6. The number of thioether (sulfide) groups is 1. The maximum Gasteiger partial charge on any atom is 0.268 e. The third kappa shape index (κ3) is 3.42. The van der Waals surface area contributed by atoms with Gasteiger partial charge in [0.05, 0.1) is 23.6 Å². The van der Waals surface area contributed by atoms with Gasteiger partial charge in [-0.2, -0.15) is 0 Å². The number of benzene rings is 1. The maximum absolute atomic E-state index is 12.7. The predicted octanol–water partition coefficient (Wildman–Crippen LogP) is 3.92. The first-order valence-electron chi connectivity index (χ1n) is 7.18. The molecule has 1 aromatic heterocycles. The first-order valence-corrected chi connectivity index (χ1v) is 9.26. The van der Waals surface area contributed by atoms with E-state index in [1.165, 1.54) is 28.0 Å². The van der Waals surface area contributed by atoms with Crippen LogP contribution in [0.15, 0.2) is 51.6 Å². The molecule has 1 aliphatic heterocycles. The second kappa shape index (κ2) is 7.53. The van der Waals surface area contributed by atoms with Crippen molar-refractivity contribution in [3.8, 4) is 0 Å². The summed E-state index contributed by atoms with van der Waals surface area (Å²) in [6.07, 6.45) is 0. The molecule has 2 heterocycles. The minimum absolute atomic E-state index is 0.244. The van der Waals surface area contributed by atoms with E-state index in [1.807, 2.05) is 29.6 Å². The summed E-state index contributed by atoms with van der Waals surface area (Å²) in [4.78, 5) is 28.8. The fourth-order valence-electron chi connectivity index (χ4n) is 2.29. The third-order valence-electron chi connectivity index (χ3n) is 3.45. The number of rotatable bonds is 6. The molecule has 0 fully saturated rings. The van der Waals surface area contributed by atoms with Gasteiger partial charge in [-0.05, 0) is 35.7 Å². The monoisotopic (exact) mass is 379 g/mol. The van der Waals surface area contributed by atoms with Crippen LogP contribution in [0.2, 0.25) is 5.02 Å². The molecule has 1 aliphatic rings. The van der Waals surface area contributed by atoms with Crippen LogP contribution in [0.1, 0.15) is 4.88 Å². The summed E-state index contributed by atoms with van der Waals surface area (Å²) in [6.45, 7) is 0.557. The molecule has 124 valence electrons. The highest BCUT2D eigenvalue weighted by atomic mass is 35.5. The lowest BCUT2D eigenvalue weighted by molar-refractivity contribution is -0.137. The molecule has 3 rings (SSSR count). The number of imide groups is 1. The maximum atomic E-state index is 12.7. The lowest BCUT2D eigenvalue weighted by Gasteiger charge is -2.13. The number of hydrogen-bond donors (Lipinski definition) is 0. The summed E-state index contributed by atoms with van der Waals surface area (Å²) in [5.74, 6) is -0.545. The van der Waals surface area contributed by atoms with Gasteiger partial charge in [0.2, 0.25) is 0 Å². The van der Waals surface area contributed by atoms with Crippen LogP contribution in [0.25, 0.3) is 5.57 Å². The number of ether oxygens (including phenoxy) is 1. The molecule has 24 heavy (non-hydrogen) atoms. The van der Waals surface area contributed by atoms with E-state index in [4.69, 9.17) is 16.3 Å². The molecule has 1 aromatic carbocycles. The Morgan fingerprint density at radius 3 is 2.54 bits per heavy atom. The van der Waals surface area contributed by atoms with Crippen LogP contribution < -0.4 is 0 Å². The quantitative estimate of drug-likeness (QED) is 0.714. The molecule has 7 heteroatoms. The fourth-order valence-corrected chi connectivity index (χ4v) is 4.26. The highest BCUT2D eigenvalue weighted by Gasteiger charge is 2.39. The zero-order valence-corrected chi connectivity index (χ0v) is 15.2. The van der Waals surface area contributed by atoms with Gasteiger partial charge in [0, 0.05) is 21.9 Å². The molecule has 0 N–H and O–H groups in total. The van der Waals surface area contributed by atoms with Crippen molar-refractivity contribution in [1.29, 1.82) is 0 Å². The van der Waals surface area contributed by atoms with E-state index in [1.54, 1.807) is 19.2 Å². The van der Waals surface area contributed by atoms with Crippen LogP contribution in [-0.4, -0.2) is 37.0 Å². The summed E-state index contributed by atoms with van der Waals surface area (Å²) in [6, 6.07) is 10.9. The second-order valence-corrected chi connectivity index (χ2v) is 7.46. The Bertz CT molecular complexity index is 785. The molecule has 0 saturated carbocycles. The molecule has 0 saturated heterocycles. The predicted molar refractivity (Wildman–Crippen MR) is 97.1 cm³/mol. The van der Waals surface area contributed by atoms with Gasteiger partial charge < -0.3 is 4.74 Å². The molecule has 0 unspecified atom stereocenters. The van der Waals surface area contributed by atoms with E-state index in [-0.39, 0.29) is 18.4 Å². The number of nitrogens with zero attached hydrogens (tertiary/aromatic N) is 1. The molecule has 0 aliphatic carbocycles. The van der Waals surface area contributed by atoms with Gasteiger partial charge in [-0.3, -0.25) is 14.5 Å². The number of carbonyl (C=O) groups excluding carboxylic acids is 2. The molecule has 0 radical (unpaired) electrons. The molecule has 0 atom stereocenters. The van der Waals surface area contributed by atoms with Crippen LogP contribution in [0.5, 0.6) is 0 Å². The number of methoxy groups -OCH3 is 1. The molecule has 0 spiro atoms. The summed E-state index contributed by atoms with van der Waals surface area (Å²) in [5, 5.41) is 2.52. The van der Waals surface area contributed by atoms with Gasteiger partial charge >= 0.3 is 0 Å². The lowest BCUT2D eigenvalue weighted by atomic mass is 10.2. The van der Waals surface area contributed by atoms with Gasteiger partial charge in [-0.1, -0.05) is 29.4 Å². The van der Waals surface area contributed by atoms with Crippen molar-refractivity contribution in [2.24, 2.45) is 0 Å². The molecule has 0 bridgehead atoms. The van der Waals surface area contributed by atoms with E-state index < -0.39 is 0 Å². The number of hydrogen-bond acceptors (Lipinski definition) is 5. The Morgan fingerprint density at radius 1 is 1.17 bits per heavy atom. The van der Waals surface area contributed by atoms with Crippen molar-refractivity contribution in [2.45, 2.75) is 4.90 Å². The lowest BCUT2D eigenvalue weighted by Crippen LogP contribution is -2.34. The minimum Gasteiger partial charge on any atom is -0.383 e. The zero-order chi connectivity index (χ0) is 17.1. The molecular formula is C17H14ClNO3S2. The SMILES string of the molecule is COCCN1C(=O)C(Sc2ccc(Cl)cc2)=C(c2cccs2)C1=O. The van der Waals surface area contributed by atoms with Crippen molar-refractivity contribution in [3.05, 3.63) is 56.6 Å². The molecule has 4 nitrogen and oxygen atoms in total. The summed E-state index contributed by atoms with van der Waals surface area (Å²) in [7, 11) is 1.54. The Morgan fingerprint density at radius 2 is 1.92 bits per heavy atom. The first kappa shape index (κ1) is 17.2. The largest absolute Gasteiger partial charge is 0.383 e. The van der Waals surface area contributed by atoms with Crippen molar-refractivity contribution in [3.63, 3.8) is 0 Å². The Labute approximate surface area is 153 Å². The highest BCUT2D eigenvalue weighted by Crippen LogP contribution is 2.40. The second-order valence-electron chi connectivity index (χ2n) is 4.99. The van der Waals surface area contributed by atoms with Crippen molar-refractivity contribution >= 4 is 52.1 Å². The standard InChI is InChI=1S/C17H14ClNO3S2/c1-22-9-8-19-16(20)14(13-3-2-10-23-13)15(17(19)21)24-12-6-4-11(18)5-7-12/h2-7,10H,8-9H2,1H3. The van der Waals surface area contributed by atoms with Crippen LogP contribution in [0, 0.1) is 0 Å². The average molecular weight is 380 g/mol. The highest BCUT2D eigenvalue weighted by molar-refractivity contribution is 8.04. The van der Waals surface area contributed by atoms with Crippen molar-refractivity contribution < 1.29 is 14.3 Å². The van der Waals surface area contributed by atoms with Crippen LogP contribution in [0.4, 0.5) is 0 Å². The minimum atomic E-state index is -0.277. The van der Waals surface area contributed by atoms with Crippen LogP contribution in [-0.2, 0) is 14.3 Å². The van der Waals surface area contributed by atoms with Gasteiger partial charge in [0.25, 0.3) is 11.8 Å². The van der Waals surface area contributed by atoms with E-state index >= 15 is 0 Å². The van der Waals surface area contributed by atoms with Gasteiger partial charge in [0.15, 0.2) is 0 Å². The molecule has 2 aromatic rings. The zero-order valence-electron chi connectivity index (χ0n) is 12.8. The van der Waals surface area contributed by atoms with E-state index in [0.29, 0.717) is 22.1 Å². The van der Waals surface area contributed by atoms with Crippen molar-refractivity contribution in [2.75, 3.05) is 20.3 Å². The summed E-state index contributed by atoms with van der Waals surface area (Å²) < 4.78 is 5.01. The Kier molecular flexibility index (Phi) is 5.40. The number of halogens is 1. The van der Waals surface area contributed by atoms with E-state index in [2.05, 4.69) is 0 Å². The topological polar surface area (TPSA) is 46.6 Å². The van der Waals surface area contributed by atoms with Gasteiger partial charge in [-0.25, -0.2) is 0 Å². The average Bonchev–Trinajstić information content (AvgIpc) is 3.16. The number of thiophene rings is 1. The Hall–Kier alpha value is -1.60. The number of carbonyl (C=O) groups is 2. The third-order valence-corrected chi connectivity index (χ3v) is 5.68. The normalized spacial score (nSPS) is 14.8. The molecule has 2 amide bonds. The summed E-state index contributed by atoms with van der Waals surface area (Å²) >= 11 is 8.64. The Balaban J connectivity index is 1.97. The smallest absolute Gasteiger partial charge is 0.268 e. The summed E-state index contributed by atoms with van der Waals surface area (Å²) in [5.41, 5.74) is 0.464. The van der Waals surface area contributed by atoms with Crippen molar-refractivity contribution in [1.82, 2.24) is 4.90 Å². The van der Waals surface area contributed by atoms with Crippen LogP contribution >= 0.6 is 34.7 Å². The number of amides is 2. The van der Waals surface area contributed by atoms with Gasteiger partial charge in [0.1, 0.15) is 0 Å². The van der Waals surface area contributed by atoms with Crippen LogP contribution in [0.3, 0.4) is 0 Å². The van der Waals surface area contributed by atoms with Gasteiger partial charge in [-0.15, -0.1) is 11.3 Å². The molecular weight excluding hydrogens is 366 g/mol.